The lowest BCUT2D eigenvalue weighted by atomic mass is 9.91. The maximum absolute atomic E-state index is 12.9. The zero-order valence-corrected chi connectivity index (χ0v) is 17.2. The zero-order valence-electron chi connectivity index (χ0n) is 17.2. The van der Waals surface area contributed by atoms with Gasteiger partial charge >= 0.3 is 5.97 Å². The molecule has 1 N–H and O–H groups in total. The highest BCUT2D eigenvalue weighted by Crippen LogP contribution is 2.26. The third-order valence-corrected chi connectivity index (χ3v) is 4.96. The largest absolute Gasteiger partial charge is 0.455 e. The molecule has 30 heavy (non-hydrogen) atoms. The van der Waals surface area contributed by atoms with E-state index in [-0.39, 0.29) is 18.6 Å². The number of esters is 1. The Kier molecular flexibility index (Phi) is 7.78. The van der Waals surface area contributed by atoms with Crippen LogP contribution in [0.25, 0.3) is 0 Å². The van der Waals surface area contributed by atoms with Crippen LogP contribution in [0.1, 0.15) is 48.4 Å². The lowest BCUT2D eigenvalue weighted by molar-refractivity contribution is -0.149. The molecule has 0 bridgehead atoms. The molecule has 0 fully saturated rings. The number of nitrogens with one attached hydrogen (secondary N) is 1. The average Bonchev–Trinajstić information content (AvgIpc) is 2.80. The predicted octanol–water partition coefficient (Wildman–Crippen LogP) is 5.02. The number of rotatable bonds is 9. The van der Waals surface area contributed by atoms with E-state index in [9.17, 15) is 9.59 Å². The third-order valence-electron chi connectivity index (χ3n) is 4.96. The quantitative estimate of drug-likeness (QED) is 0.512. The molecule has 0 saturated heterocycles. The Hall–Kier alpha value is -3.40. The molecule has 3 rings (SSSR count). The molecule has 1 amide bonds. The Morgan fingerprint density at radius 2 is 1.23 bits per heavy atom. The molecule has 0 aliphatic carbocycles. The number of ether oxygens (including phenoxy) is 1. The van der Waals surface area contributed by atoms with E-state index in [1.54, 1.807) is 0 Å². The molecule has 3 aromatic carbocycles. The molecule has 0 aliphatic rings. The molecule has 0 radical (unpaired) electrons. The topological polar surface area (TPSA) is 55.4 Å². The zero-order chi connectivity index (χ0) is 21.2. The minimum atomic E-state index is -0.569. The van der Waals surface area contributed by atoms with Crippen LogP contribution in [0.5, 0.6) is 0 Å². The molecule has 0 saturated carbocycles. The van der Waals surface area contributed by atoms with Crippen molar-refractivity contribution in [2.75, 3.05) is 6.61 Å². The van der Waals surface area contributed by atoms with Gasteiger partial charge in [0, 0.05) is 0 Å². The van der Waals surface area contributed by atoms with Crippen LogP contribution in [0.15, 0.2) is 91.0 Å². The first-order chi connectivity index (χ1) is 14.7. The summed E-state index contributed by atoms with van der Waals surface area (Å²) in [7, 11) is 0. The van der Waals surface area contributed by atoms with Gasteiger partial charge in [0.05, 0.1) is 6.04 Å². The summed E-state index contributed by atoms with van der Waals surface area (Å²) in [5.41, 5.74) is 2.72. The van der Waals surface area contributed by atoms with E-state index in [4.69, 9.17) is 4.74 Å². The van der Waals surface area contributed by atoms with Crippen molar-refractivity contribution in [3.05, 3.63) is 108 Å². The lowest BCUT2D eigenvalue weighted by Crippen LogP contribution is -2.33. The fourth-order valence-corrected chi connectivity index (χ4v) is 3.51. The van der Waals surface area contributed by atoms with E-state index in [2.05, 4.69) is 12.2 Å². The monoisotopic (exact) mass is 401 g/mol. The van der Waals surface area contributed by atoms with Crippen molar-refractivity contribution < 1.29 is 14.3 Å². The van der Waals surface area contributed by atoms with Crippen LogP contribution in [0.4, 0.5) is 0 Å². The summed E-state index contributed by atoms with van der Waals surface area (Å²) in [4.78, 5) is 25.4. The van der Waals surface area contributed by atoms with Gasteiger partial charge in [0.15, 0.2) is 6.61 Å². The highest BCUT2D eigenvalue weighted by atomic mass is 16.5. The van der Waals surface area contributed by atoms with Gasteiger partial charge in [-0.1, -0.05) is 104 Å². The normalized spacial score (nSPS) is 11.7. The SMILES string of the molecule is CCC[C@H](NC(=O)COC(=O)C(c1ccccc1)c1ccccc1)c1ccccc1. The summed E-state index contributed by atoms with van der Waals surface area (Å²) < 4.78 is 5.44. The average molecular weight is 402 g/mol. The molecule has 4 nitrogen and oxygen atoms in total. The van der Waals surface area contributed by atoms with Crippen molar-refractivity contribution in [3.63, 3.8) is 0 Å². The van der Waals surface area contributed by atoms with Gasteiger partial charge in [-0.05, 0) is 23.1 Å². The predicted molar refractivity (Wildman–Crippen MR) is 118 cm³/mol. The van der Waals surface area contributed by atoms with E-state index in [1.807, 2.05) is 91.0 Å². The number of hydrogen-bond acceptors (Lipinski definition) is 3. The summed E-state index contributed by atoms with van der Waals surface area (Å²) in [5.74, 6) is -1.31. The molecule has 4 heteroatoms. The van der Waals surface area contributed by atoms with E-state index >= 15 is 0 Å². The van der Waals surface area contributed by atoms with Crippen LogP contribution in [0, 0.1) is 0 Å². The van der Waals surface area contributed by atoms with Crippen LogP contribution >= 0.6 is 0 Å². The lowest BCUT2D eigenvalue weighted by Gasteiger charge is -2.20. The van der Waals surface area contributed by atoms with Gasteiger partial charge in [0.25, 0.3) is 5.91 Å². The van der Waals surface area contributed by atoms with E-state index < -0.39 is 11.9 Å². The Morgan fingerprint density at radius 1 is 0.767 bits per heavy atom. The highest BCUT2D eigenvalue weighted by Gasteiger charge is 2.25. The van der Waals surface area contributed by atoms with Crippen molar-refractivity contribution in [2.45, 2.75) is 31.7 Å². The summed E-state index contributed by atoms with van der Waals surface area (Å²) in [6.07, 6.45) is 1.75. The first-order valence-corrected chi connectivity index (χ1v) is 10.3. The van der Waals surface area contributed by atoms with Crippen LogP contribution < -0.4 is 5.32 Å². The number of hydrogen-bond donors (Lipinski definition) is 1. The van der Waals surface area contributed by atoms with Gasteiger partial charge in [-0.15, -0.1) is 0 Å². The van der Waals surface area contributed by atoms with Gasteiger partial charge in [0.1, 0.15) is 5.92 Å². The van der Waals surface area contributed by atoms with Gasteiger partial charge in [0.2, 0.25) is 0 Å². The van der Waals surface area contributed by atoms with E-state index in [0.29, 0.717) is 0 Å². The van der Waals surface area contributed by atoms with Crippen LogP contribution in [0.2, 0.25) is 0 Å². The molecule has 3 aromatic rings. The molecule has 1 atom stereocenters. The minimum absolute atomic E-state index is 0.0959. The van der Waals surface area contributed by atoms with Gasteiger partial charge in [-0.25, -0.2) is 0 Å². The first-order valence-electron chi connectivity index (χ1n) is 10.3. The van der Waals surface area contributed by atoms with Gasteiger partial charge < -0.3 is 10.1 Å². The second-order valence-corrected chi connectivity index (χ2v) is 7.18. The fraction of sp³-hybridized carbons (Fsp3) is 0.231. The van der Waals surface area contributed by atoms with Crippen LogP contribution in [-0.2, 0) is 14.3 Å². The summed E-state index contributed by atoms with van der Waals surface area (Å²) in [6, 6.07) is 28.7. The number of benzene rings is 3. The molecule has 0 aliphatic heterocycles. The van der Waals surface area contributed by atoms with Crippen molar-refractivity contribution in [3.8, 4) is 0 Å². The van der Waals surface area contributed by atoms with Gasteiger partial charge in [-0.3, -0.25) is 9.59 Å². The molecule has 0 heterocycles. The second kappa shape index (κ2) is 11.0. The Bertz CT molecular complexity index is 887. The summed E-state index contributed by atoms with van der Waals surface area (Å²) in [5, 5.41) is 2.99. The maximum atomic E-state index is 12.9. The Morgan fingerprint density at radius 3 is 1.70 bits per heavy atom. The summed E-state index contributed by atoms with van der Waals surface area (Å²) >= 11 is 0. The number of carbonyl (C=O) groups excluding carboxylic acids is 2. The fourth-order valence-electron chi connectivity index (χ4n) is 3.51. The molecule has 0 spiro atoms. The number of amides is 1. The molecular formula is C26H27NO3. The standard InChI is InChI=1S/C26H27NO3/c1-2-12-23(20-13-6-3-7-14-20)27-24(28)19-30-26(29)25(21-15-8-4-9-16-21)22-17-10-5-11-18-22/h3-11,13-18,23,25H,2,12,19H2,1H3,(H,27,28)/t23-/m0/s1. The first kappa shape index (κ1) is 21.3. The minimum Gasteiger partial charge on any atom is -0.455 e. The Labute approximate surface area is 177 Å². The molecule has 154 valence electrons. The van der Waals surface area contributed by atoms with Gasteiger partial charge in [-0.2, -0.15) is 0 Å². The van der Waals surface area contributed by atoms with Crippen LogP contribution in [0.3, 0.4) is 0 Å². The van der Waals surface area contributed by atoms with Crippen molar-refractivity contribution in [2.24, 2.45) is 0 Å². The number of carbonyl (C=O) groups is 2. The highest BCUT2D eigenvalue weighted by molar-refractivity contribution is 5.85. The second-order valence-electron chi connectivity index (χ2n) is 7.18. The van der Waals surface area contributed by atoms with E-state index in [1.165, 1.54) is 0 Å². The smallest absolute Gasteiger partial charge is 0.318 e. The van der Waals surface area contributed by atoms with Crippen molar-refractivity contribution in [1.29, 1.82) is 0 Å². The van der Waals surface area contributed by atoms with E-state index in [0.717, 1.165) is 29.5 Å². The molecule has 0 aromatic heterocycles. The maximum Gasteiger partial charge on any atom is 0.318 e. The molecule has 0 unspecified atom stereocenters. The van der Waals surface area contributed by atoms with Crippen molar-refractivity contribution in [1.82, 2.24) is 5.32 Å². The van der Waals surface area contributed by atoms with Crippen molar-refractivity contribution >= 4 is 11.9 Å². The third kappa shape index (κ3) is 5.80. The molecular weight excluding hydrogens is 374 g/mol. The summed E-state index contributed by atoms with van der Waals surface area (Å²) in [6.45, 7) is 1.77. The Balaban J connectivity index is 1.67. The van der Waals surface area contributed by atoms with Crippen LogP contribution in [-0.4, -0.2) is 18.5 Å².